The van der Waals surface area contributed by atoms with Crippen LogP contribution in [0.5, 0.6) is 5.75 Å². The molecule has 5 rings (SSSR count). The topological polar surface area (TPSA) is 51.8 Å². The van der Waals surface area contributed by atoms with Gasteiger partial charge in [-0.3, -0.25) is 4.79 Å². The van der Waals surface area contributed by atoms with E-state index in [9.17, 15) is 4.79 Å². The van der Waals surface area contributed by atoms with E-state index < -0.39 is 0 Å². The molecule has 24 heavy (non-hydrogen) atoms. The van der Waals surface area contributed by atoms with Crippen LogP contribution in [-0.2, 0) is 13.5 Å². The summed E-state index contributed by atoms with van der Waals surface area (Å²) >= 11 is 0. The third kappa shape index (κ3) is 1.82. The van der Waals surface area contributed by atoms with Gasteiger partial charge in [-0.2, -0.15) is 5.10 Å². The number of ether oxygens (including phenoxy) is 1. The van der Waals surface area contributed by atoms with Crippen molar-refractivity contribution in [1.82, 2.24) is 19.1 Å². The highest BCUT2D eigenvalue weighted by atomic mass is 16.5. The fraction of sp³-hybridized carbons (Fsp3) is 0.333. The molecule has 0 unspecified atom stereocenters. The molecule has 4 heterocycles. The first kappa shape index (κ1) is 13.7. The Kier molecular flexibility index (Phi) is 2.63. The molecule has 2 aliphatic rings. The monoisotopic (exact) mass is 322 g/mol. The maximum atomic E-state index is 12.8. The number of hydrogen-bond donors (Lipinski definition) is 0. The van der Waals surface area contributed by atoms with E-state index in [2.05, 4.69) is 11.2 Å². The molecule has 1 aromatic carbocycles. The zero-order valence-electron chi connectivity index (χ0n) is 13.5. The number of carbonyl (C=O) groups excluding carboxylic acids is 1. The molecule has 2 aromatic heterocycles. The maximum absolute atomic E-state index is 12.8. The summed E-state index contributed by atoms with van der Waals surface area (Å²) < 4.78 is 9.58. The van der Waals surface area contributed by atoms with Crippen molar-refractivity contribution in [2.45, 2.75) is 6.42 Å². The Labute approximate surface area is 139 Å². The Bertz CT molecular complexity index is 949. The second-order valence-electron chi connectivity index (χ2n) is 6.97. The Balaban J connectivity index is 1.37. The molecular formula is C18H18N4O2. The van der Waals surface area contributed by atoms with Gasteiger partial charge in [0.05, 0.1) is 12.8 Å². The van der Waals surface area contributed by atoms with Crippen molar-refractivity contribution < 1.29 is 9.53 Å². The molecule has 0 atom stereocenters. The predicted molar refractivity (Wildman–Crippen MR) is 88.1 cm³/mol. The zero-order valence-corrected chi connectivity index (χ0v) is 13.5. The van der Waals surface area contributed by atoms with Crippen molar-refractivity contribution in [3.63, 3.8) is 0 Å². The molecular weight excluding hydrogens is 304 g/mol. The van der Waals surface area contributed by atoms with Crippen molar-refractivity contribution in [1.29, 1.82) is 0 Å². The lowest BCUT2D eigenvalue weighted by molar-refractivity contribution is -0.0290. The van der Waals surface area contributed by atoms with E-state index in [0.717, 1.165) is 30.9 Å². The second-order valence-corrected chi connectivity index (χ2v) is 6.97. The highest BCUT2D eigenvalue weighted by molar-refractivity contribution is 6.00. The van der Waals surface area contributed by atoms with Crippen LogP contribution in [0, 0.1) is 5.41 Å². The molecule has 6 heteroatoms. The Morgan fingerprint density at radius 3 is 2.96 bits per heavy atom. The highest BCUT2D eigenvalue weighted by Gasteiger charge is 2.48. The summed E-state index contributed by atoms with van der Waals surface area (Å²) in [5, 5.41) is 4.26. The van der Waals surface area contributed by atoms with Crippen LogP contribution in [0.25, 0.3) is 5.65 Å². The number of carbonyl (C=O) groups is 1. The number of para-hydroxylation sites is 1. The molecule has 0 aliphatic carbocycles. The molecule has 2 aliphatic heterocycles. The van der Waals surface area contributed by atoms with E-state index in [-0.39, 0.29) is 11.3 Å². The fourth-order valence-corrected chi connectivity index (χ4v) is 3.96. The van der Waals surface area contributed by atoms with Crippen LogP contribution in [0.15, 0.2) is 42.9 Å². The normalized spacial score (nSPS) is 18.3. The SMILES string of the molecule is Cn1ccn2ncc(C(=O)N3CC4(COc5ccccc5C4)C3)c12. The van der Waals surface area contributed by atoms with Crippen LogP contribution in [0.2, 0.25) is 0 Å². The minimum absolute atomic E-state index is 0.0521. The number of aryl methyl sites for hydroxylation is 1. The smallest absolute Gasteiger partial charge is 0.259 e. The Hall–Kier alpha value is -2.76. The van der Waals surface area contributed by atoms with Crippen molar-refractivity contribution in [2.24, 2.45) is 12.5 Å². The lowest BCUT2D eigenvalue weighted by Gasteiger charge is -2.51. The first-order valence-corrected chi connectivity index (χ1v) is 8.14. The van der Waals surface area contributed by atoms with Crippen LogP contribution >= 0.6 is 0 Å². The van der Waals surface area contributed by atoms with Gasteiger partial charge >= 0.3 is 0 Å². The van der Waals surface area contributed by atoms with E-state index in [0.29, 0.717) is 12.2 Å². The number of benzene rings is 1. The first-order valence-electron chi connectivity index (χ1n) is 8.14. The third-order valence-electron chi connectivity index (χ3n) is 5.18. The first-order chi connectivity index (χ1) is 11.7. The van der Waals surface area contributed by atoms with Gasteiger partial charge in [-0.15, -0.1) is 0 Å². The van der Waals surface area contributed by atoms with Crippen molar-refractivity contribution in [3.05, 3.63) is 54.0 Å². The van der Waals surface area contributed by atoms with Crippen molar-refractivity contribution >= 4 is 11.6 Å². The Morgan fingerprint density at radius 2 is 2.08 bits per heavy atom. The number of aromatic nitrogens is 3. The minimum Gasteiger partial charge on any atom is -0.493 e. The molecule has 122 valence electrons. The number of rotatable bonds is 1. The van der Waals surface area contributed by atoms with Gasteiger partial charge in [-0.1, -0.05) is 18.2 Å². The number of likely N-dealkylation sites (tertiary alicyclic amines) is 1. The van der Waals surface area contributed by atoms with Gasteiger partial charge < -0.3 is 14.2 Å². The van der Waals surface area contributed by atoms with Gasteiger partial charge in [0.25, 0.3) is 5.91 Å². The molecule has 0 bridgehead atoms. The predicted octanol–water partition coefficient (Wildman–Crippen LogP) is 1.75. The summed E-state index contributed by atoms with van der Waals surface area (Å²) in [6.45, 7) is 2.16. The summed E-state index contributed by atoms with van der Waals surface area (Å²) in [4.78, 5) is 14.7. The summed E-state index contributed by atoms with van der Waals surface area (Å²) in [5.74, 6) is 1.03. The largest absolute Gasteiger partial charge is 0.493 e. The lowest BCUT2D eigenvalue weighted by Crippen LogP contribution is -2.62. The number of nitrogens with zero attached hydrogens (tertiary/aromatic N) is 4. The maximum Gasteiger partial charge on any atom is 0.259 e. The lowest BCUT2D eigenvalue weighted by atomic mass is 9.74. The number of hydrogen-bond acceptors (Lipinski definition) is 3. The minimum atomic E-state index is 0.0521. The van der Waals surface area contributed by atoms with Gasteiger partial charge in [0.2, 0.25) is 0 Å². The number of amides is 1. The molecule has 1 amide bonds. The zero-order chi connectivity index (χ0) is 16.3. The molecule has 1 saturated heterocycles. The number of fused-ring (bicyclic) bond motifs is 2. The van der Waals surface area contributed by atoms with Crippen LogP contribution < -0.4 is 4.74 Å². The van der Waals surface area contributed by atoms with E-state index in [1.54, 1.807) is 10.7 Å². The third-order valence-corrected chi connectivity index (χ3v) is 5.18. The van der Waals surface area contributed by atoms with Crippen LogP contribution in [0.3, 0.4) is 0 Å². The Morgan fingerprint density at radius 1 is 1.25 bits per heavy atom. The van der Waals surface area contributed by atoms with E-state index in [4.69, 9.17) is 4.74 Å². The van der Waals surface area contributed by atoms with Gasteiger partial charge in [-0.25, -0.2) is 4.52 Å². The van der Waals surface area contributed by atoms with Crippen LogP contribution in [0.1, 0.15) is 15.9 Å². The average molecular weight is 322 g/mol. The van der Waals surface area contributed by atoms with Gasteiger partial charge in [0.15, 0.2) is 0 Å². The summed E-state index contributed by atoms with van der Waals surface area (Å²) in [6.07, 6.45) is 6.40. The molecule has 3 aromatic rings. The van der Waals surface area contributed by atoms with E-state index in [1.165, 1.54) is 5.56 Å². The van der Waals surface area contributed by atoms with E-state index >= 15 is 0 Å². The standard InChI is InChI=1S/C18H18N4O2/c1-20-6-7-22-16(20)14(9-19-22)17(23)21-10-18(11-21)8-13-4-2-3-5-15(13)24-12-18/h2-7,9H,8,10-12H2,1H3. The van der Waals surface area contributed by atoms with Gasteiger partial charge in [0.1, 0.15) is 17.0 Å². The summed E-state index contributed by atoms with van der Waals surface area (Å²) in [7, 11) is 1.93. The summed E-state index contributed by atoms with van der Waals surface area (Å²) in [6, 6.07) is 8.18. The second kappa shape index (κ2) is 4.63. The average Bonchev–Trinajstić information content (AvgIpc) is 3.15. The summed E-state index contributed by atoms with van der Waals surface area (Å²) in [5.41, 5.74) is 2.80. The molecule has 1 fully saturated rings. The van der Waals surface area contributed by atoms with Crippen LogP contribution in [0.4, 0.5) is 0 Å². The van der Waals surface area contributed by atoms with Crippen LogP contribution in [-0.4, -0.2) is 44.7 Å². The van der Waals surface area contributed by atoms with Crippen molar-refractivity contribution in [2.75, 3.05) is 19.7 Å². The van der Waals surface area contributed by atoms with Crippen molar-refractivity contribution in [3.8, 4) is 5.75 Å². The molecule has 1 spiro atoms. The highest BCUT2D eigenvalue weighted by Crippen LogP contribution is 2.41. The van der Waals surface area contributed by atoms with Gasteiger partial charge in [-0.05, 0) is 18.1 Å². The quantitative estimate of drug-likeness (QED) is 0.686. The molecule has 0 saturated carbocycles. The number of imidazole rings is 1. The molecule has 6 nitrogen and oxygen atoms in total. The molecule has 0 radical (unpaired) electrons. The molecule has 0 N–H and O–H groups in total. The van der Waals surface area contributed by atoms with Gasteiger partial charge in [0, 0.05) is 37.9 Å². The van der Waals surface area contributed by atoms with E-state index in [1.807, 2.05) is 47.1 Å². The fourth-order valence-electron chi connectivity index (χ4n) is 3.96.